The number of amides is 2. The van der Waals surface area contributed by atoms with E-state index in [2.05, 4.69) is 6.07 Å². The van der Waals surface area contributed by atoms with Gasteiger partial charge >= 0.3 is 5.69 Å². The molecular formula is C28H28F2N4O4. The summed E-state index contributed by atoms with van der Waals surface area (Å²) in [6.07, 6.45) is 3.52. The first kappa shape index (κ1) is 25.6. The molecule has 0 spiro atoms. The minimum absolute atomic E-state index is 0.0312. The number of piperidine rings is 1. The molecule has 1 saturated heterocycles. The lowest BCUT2D eigenvalue weighted by atomic mass is 10.0. The Balaban J connectivity index is 1.28. The zero-order valence-corrected chi connectivity index (χ0v) is 21.0. The molecule has 1 fully saturated rings. The van der Waals surface area contributed by atoms with Crippen molar-refractivity contribution in [2.24, 2.45) is 7.05 Å². The van der Waals surface area contributed by atoms with Crippen molar-refractivity contribution in [1.82, 2.24) is 18.9 Å². The van der Waals surface area contributed by atoms with Gasteiger partial charge in [-0.1, -0.05) is 36.4 Å². The van der Waals surface area contributed by atoms with E-state index < -0.39 is 22.9 Å². The maximum absolute atomic E-state index is 14.4. The maximum Gasteiger partial charge on any atom is 0.331 e. The van der Waals surface area contributed by atoms with E-state index in [1.54, 1.807) is 4.90 Å². The van der Waals surface area contributed by atoms with E-state index in [1.807, 2.05) is 23.1 Å². The van der Waals surface area contributed by atoms with Crippen LogP contribution < -0.4 is 11.2 Å². The third kappa shape index (κ3) is 4.78. The van der Waals surface area contributed by atoms with Crippen molar-refractivity contribution in [1.29, 1.82) is 0 Å². The Kier molecular flexibility index (Phi) is 6.96. The predicted molar refractivity (Wildman–Crippen MR) is 136 cm³/mol. The summed E-state index contributed by atoms with van der Waals surface area (Å²) in [5.41, 5.74) is 0.249. The Morgan fingerprint density at radius 2 is 1.63 bits per heavy atom. The topological polar surface area (TPSA) is 84.6 Å². The van der Waals surface area contributed by atoms with Gasteiger partial charge in [0.2, 0.25) is 11.8 Å². The maximum atomic E-state index is 14.4. The van der Waals surface area contributed by atoms with Crippen molar-refractivity contribution in [3.05, 3.63) is 92.3 Å². The van der Waals surface area contributed by atoms with Gasteiger partial charge in [0.15, 0.2) is 11.6 Å². The van der Waals surface area contributed by atoms with Gasteiger partial charge in [0.1, 0.15) is 6.54 Å². The molecule has 198 valence electrons. The second-order valence-corrected chi connectivity index (χ2v) is 9.81. The highest BCUT2D eigenvalue weighted by Gasteiger charge is 2.31. The normalized spacial score (nSPS) is 16.3. The molecule has 2 amide bonds. The van der Waals surface area contributed by atoms with Crippen LogP contribution in [0.2, 0.25) is 0 Å². The molecule has 0 radical (unpaired) electrons. The molecule has 0 unspecified atom stereocenters. The second-order valence-electron chi connectivity index (χ2n) is 9.81. The van der Waals surface area contributed by atoms with Crippen LogP contribution in [0.1, 0.15) is 24.0 Å². The summed E-state index contributed by atoms with van der Waals surface area (Å²) in [6.45, 7) is 1.14. The molecule has 2 aliphatic heterocycles. The molecule has 38 heavy (non-hydrogen) atoms. The number of likely N-dealkylation sites (tertiary alicyclic amines) is 1. The molecule has 0 atom stereocenters. The molecule has 3 aromatic rings. The summed E-state index contributed by atoms with van der Waals surface area (Å²) in [7, 11) is 1.23. The number of nitrogens with zero attached hydrogens (tertiary/aromatic N) is 4. The SMILES string of the molecule is Cn1c(=O)c(-c2cccc(F)c2F)cn(CC(=O)N2CCC(N3CCc4ccccc4CC3=O)CC2)c1=O. The number of aromatic nitrogens is 2. The Bertz CT molecular complexity index is 1520. The molecule has 0 aliphatic carbocycles. The summed E-state index contributed by atoms with van der Waals surface area (Å²) < 4.78 is 30.0. The Morgan fingerprint density at radius 1 is 0.921 bits per heavy atom. The molecule has 3 heterocycles. The van der Waals surface area contributed by atoms with Crippen LogP contribution in [0.25, 0.3) is 11.1 Å². The molecule has 0 N–H and O–H groups in total. The van der Waals surface area contributed by atoms with Crippen molar-refractivity contribution in [2.45, 2.75) is 38.3 Å². The third-order valence-electron chi connectivity index (χ3n) is 7.56. The molecule has 0 saturated carbocycles. The molecule has 1 aromatic heterocycles. The van der Waals surface area contributed by atoms with Gasteiger partial charge in [-0.2, -0.15) is 0 Å². The highest BCUT2D eigenvalue weighted by atomic mass is 19.2. The number of hydrogen-bond donors (Lipinski definition) is 0. The van der Waals surface area contributed by atoms with E-state index in [1.165, 1.54) is 24.7 Å². The average Bonchev–Trinajstić information content (AvgIpc) is 3.09. The van der Waals surface area contributed by atoms with Crippen LogP contribution in [-0.4, -0.2) is 56.4 Å². The van der Waals surface area contributed by atoms with Gasteiger partial charge in [-0.3, -0.25) is 23.5 Å². The summed E-state index contributed by atoms with van der Waals surface area (Å²) in [5, 5.41) is 0. The number of benzene rings is 2. The van der Waals surface area contributed by atoms with Gasteiger partial charge in [-0.05, 0) is 36.5 Å². The fourth-order valence-electron chi connectivity index (χ4n) is 5.40. The first-order valence-electron chi connectivity index (χ1n) is 12.6. The number of hydrogen-bond acceptors (Lipinski definition) is 4. The fraction of sp³-hybridized carbons (Fsp3) is 0.357. The van der Waals surface area contributed by atoms with Crippen molar-refractivity contribution in [3.8, 4) is 11.1 Å². The van der Waals surface area contributed by atoms with E-state index in [9.17, 15) is 28.0 Å². The van der Waals surface area contributed by atoms with Gasteiger partial charge < -0.3 is 9.80 Å². The van der Waals surface area contributed by atoms with Gasteiger partial charge in [0.05, 0.1) is 12.0 Å². The number of carbonyl (C=O) groups is 2. The smallest absolute Gasteiger partial charge is 0.331 e. The Morgan fingerprint density at radius 3 is 2.37 bits per heavy atom. The summed E-state index contributed by atoms with van der Waals surface area (Å²) in [4.78, 5) is 55.0. The van der Waals surface area contributed by atoms with Gasteiger partial charge in [0, 0.05) is 44.5 Å². The first-order valence-corrected chi connectivity index (χ1v) is 12.6. The van der Waals surface area contributed by atoms with E-state index >= 15 is 0 Å². The second kappa shape index (κ2) is 10.4. The molecule has 2 aliphatic rings. The highest BCUT2D eigenvalue weighted by molar-refractivity contribution is 5.80. The first-order chi connectivity index (χ1) is 18.2. The minimum atomic E-state index is -1.20. The molecule has 5 rings (SSSR count). The molecule has 2 aromatic carbocycles. The van der Waals surface area contributed by atoms with Crippen molar-refractivity contribution >= 4 is 11.8 Å². The summed E-state index contributed by atoms with van der Waals surface area (Å²) >= 11 is 0. The van der Waals surface area contributed by atoms with Crippen LogP contribution in [0.3, 0.4) is 0 Å². The molecule has 10 heteroatoms. The number of carbonyl (C=O) groups excluding carboxylic acids is 2. The van der Waals surface area contributed by atoms with Crippen LogP contribution in [0, 0.1) is 11.6 Å². The average molecular weight is 523 g/mol. The zero-order chi connectivity index (χ0) is 27.0. The van der Waals surface area contributed by atoms with Crippen molar-refractivity contribution in [2.75, 3.05) is 19.6 Å². The molecule has 8 nitrogen and oxygen atoms in total. The highest BCUT2D eigenvalue weighted by Crippen LogP contribution is 2.24. The van der Waals surface area contributed by atoms with E-state index in [0.29, 0.717) is 38.9 Å². The number of rotatable bonds is 4. The van der Waals surface area contributed by atoms with Crippen LogP contribution in [0.15, 0.2) is 58.3 Å². The van der Waals surface area contributed by atoms with Gasteiger partial charge in [-0.15, -0.1) is 0 Å². The molecular weight excluding hydrogens is 494 g/mol. The summed E-state index contributed by atoms with van der Waals surface area (Å²) in [5.74, 6) is -2.56. The summed E-state index contributed by atoms with van der Waals surface area (Å²) in [6, 6.07) is 11.5. The van der Waals surface area contributed by atoms with Crippen molar-refractivity contribution < 1.29 is 18.4 Å². The Labute approximate surface area is 217 Å². The monoisotopic (exact) mass is 522 g/mol. The van der Waals surface area contributed by atoms with Crippen LogP contribution in [0.4, 0.5) is 8.78 Å². The quantitative estimate of drug-likeness (QED) is 0.526. The minimum Gasteiger partial charge on any atom is -0.341 e. The van der Waals surface area contributed by atoms with Crippen LogP contribution in [-0.2, 0) is 36.0 Å². The van der Waals surface area contributed by atoms with Crippen molar-refractivity contribution in [3.63, 3.8) is 0 Å². The third-order valence-corrected chi connectivity index (χ3v) is 7.56. The van der Waals surface area contributed by atoms with Crippen LogP contribution in [0.5, 0.6) is 0 Å². The lowest BCUT2D eigenvalue weighted by Gasteiger charge is -2.38. The van der Waals surface area contributed by atoms with Gasteiger partial charge in [0.25, 0.3) is 5.56 Å². The lowest BCUT2D eigenvalue weighted by Crippen LogP contribution is -2.50. The largest absolute Gasteiger partial charge is 0.341 e. The number of halogens is 2. The van der Waals surface area contributed by atoms with E-state index in [4.69, 9.17) is 0 Å². The molecule has 0 bridgehead atoms. The van der Waals surface area contributed by atoms with Gasteiger partial charge in [-0.25, -0.2) is 13.6 Å². The lowest BCUT2D eigenvalue weighted by molar-refractivity contribution is -0.136. The van der Waals surface area contributed by atoms with E-state index in [0.717, 1.165) is 33.4 Å². The number of fused-ring (bicyclic) bond motifs is 1. The van der Waals surface area contributed by atoms with Crippen LogP contribution >= 0.6 is 0 Å². The van der Waals surface area contributed by atoms with E-state index in [-0.39, 0.29) is 35.5 Å². The predicted octanol–water partition coefficient (Wildman–Crippen LogP) is 2.11. The standard InChI is InChI=1S/C28H28F2N4O4/c1-31-27(37)22(21-7-4-8-23(29)26(21)30)16-33(28(31)38)17-25(36)32-12-10-20(11-13-32)34-14-9-18-5-2-3-6-19(18)15-24(34)35/h2-8,16,20H,9-15,17H2,1H3. The fourth-order valence-corrected chi connectivity index (χ4v) is 5.40. The zero-order valence-electron chi connectivity index (χ0n) is 21.0. The Hall–Kier alpha value is -4.08.